The van der Waals surface area contributed by atoms with E-state index in [-0.39, 0.29) is 34.5 Å². The van der Waals surface area contributed by atoms with Crippen LogP contribution in [0.25, 0.3) is 0 Å². The van der Waals surface area contributed by atoms with Crippen LogP contribution in [0.4, 0.5) is 0 Å². The van der Waals surface area contributed by atoms with Gasteiger partial charge in [-0.05, 0) is 46.2 Å². The first-order chi connectivity index (χ1) is 11.5. The van der Waals surface area contributed by atoms with Gasteiger partial charge in [0.2, 0.25) is 0 Å². The van der Waals surface area contributed by atoms with E-state index in [9.17, 15) is 10.2 Å². The Kier molecular flexibility index (Phi) is 5.48. The predicted octanol–water partition coefficient (Wildman–Crippen LogP) is 5.99. The number of hydrogen-bond donors (Lipinski definition) is 2. The summed E-state index contributed by atoms with van der Waals surface area (Å²) >= 11 is 0. The van der Waals surface area contributed by atoms with Gasteiger partial charge in [-0.2, -0.15) is 0 Å². The average Bonchev–Trinajstić information content (AvgIpc) is 2.48. The summed E-state index contributed by atoms with van der Waals surface area (Å²) in [6.07, 6.45) is -0.266. The summed E-state index contributed by atoms with van der Waals surface area (Å²) in [7, 11) is 0. The highest BCUT2D eigenvalue weighted by Crippen LogP contribution is 2.45. The Labute approximate surface area is 151 Å². The molecule has 2 aromatic rings. The zero-order valence-electron chi connectivity index (χ0n) is 16.1. The normalized spacial score (nSPS) is 15.0. The molecule has 0 aliphatic heterocycles. The summed E-state index contributed by atoms with van der Waals surface area (Å²) in [5.41, 5.74) is 1.85. The van der Waals surface area contributed by atoms with Crippen molar-refractivity contribution in [1.82, 2.24) is 0 Å². The van der Waals surface area contributed by atoms with Crippen molar-refractivity contribution >= 4 is 0 Å². The summed E-state index contributed by atoms with van der Waals surface area (Å²) in [6.45, 7) is 12.9. The Hall–Kier alpha value is -2.00. The smallest absolute Gasteiger partial charge is 0.115 e. The van der Waals surface area contributed by atoms with Crippen LogP contribution in [0.5, 0.6) is 11.5 Å². The molecule has 2 unspecified atom stereocenters. The molecule has 0 saturated carbocycles. The van der Waals surface area contributed by atoms with Gasteiger partial charge < -0.3 is 14.9 Å². The van der Waals surface area contributed by atoms with Crippen LogP contribution in [-0.4, -0.2) is 10.2 Å². The number of aromatic hydroxyl groups is 2. The number of phenolic OH excluding ortho intramolecular Hbond substituents is 2. The largest absolute Gasteiger partial charge is 0.508 e. The maximum Gasteiger partial charge on any atom is 0.115 e. The van der Waals surface area contributed by atoms with E-state index in [2.05, 4.69) is 41.5 Å². The fraction of sp³-hybridized carbons (Fsp3) is 0.455. The van der Waals surface area contributed by atoms with Crippen LogP contribution in [0.1, 0.15) is 64.9 Å². The molecule has 0 aromatic heterocycles. The standard InChI is InChI=1S/C22H30O3/c1-21(2,3)19(15-7-11-17(23)12-8-15)25-20(22(4,5)6)16-9-13-18(24)14-10-16/h7-14,19-20,23-24H,1-6H3. The molecule has 0 amide bonds. The third-order valence-corrected chi connectivity index (χ3v) is 4.24. The minimum atomic E-state index is -0.133. The van der Waals surface area contributed by atoms with E-state index in [4.69, 9.17) is 4.74 Å². The fourth-order valence-corrected chi connectivity index (χ4v) is 3.00. The lowest BCUT2D eigenvalue weighted by Gasteiger charge is -2.39. The Morgan fingerprint density at radius 2 is 0.880 bits per heavy atom. The monoisotopic (exact) mass is 342 g/mol. The molecule has 2 N–H and O–H groups in total. The van der Waals surface area contributed by atoms with Crippen LogP contribution >= 0.6 is 0 Å². The van der Waals surface area contributed by atoms with Gasteiger partial charge in [0, 0.05) is 0 Å². The van der Waals surface area contributed by atoms with Crippen molar-refractivity contribution in [3.63, 3.8) is 0 Å². The Balaban J connectivity index is 2.42. The topological polar surface area (TPSA) is 49.7 Å². The molecule has 0 aliphatic rings. The second-order valence-electron chi connectivity index (χ2n) is 8.81. The Morgan fingerprint density at radius 1 is 0.600 bits per heavy atom. The molecule has 2 atom stereocenters. The number of hydrogen-bond acceptors (Lipinski definition) is 3. The van der Waals surface area contributed by atoms with E-state index >= 15 is 0 Å². The van der Waals surface area contributed by atoms with Crippen LogP contribution in [0, 0.1) is 10.8 Å². The molecule has 3 nitrogen and oxygen atoms in total. The molecular weight excluding hydrogens is 312 g/mol. The predicted molar refractivity (Wildman–Crippen MR) is 102 cm³/mol. The van der Waals surface area contributed by atoms with Crippen LogP contribution < -0.4 is 0 Å². The van der Waals surface area contributed by atoms with Crippen molar-refractivity contribution in [2.24, 2.45) is 10.8 Å². The molecule has 136 valence electrons. The molecule has 0 spiro atoms. The molecule has 2 rings (SSSR count). The number of phenols is 2. The van der Waals surface area contributed by atoms with Gasteiger partial charge >= 0.3 is 0 Å². The highest BCUT2D eigenvalue weighted by molar-refractivity contribution is 5.30. The Morgan fingerprint density at radius 3 is 1.12 bits per heavy atom. The third kappa shape index (κ3) is 4.99. The van der Waals surface area contributed by atoms with E-state index in [1.165, 1.54) is 0 Å². The number of benzene rings is 2. The summed E-state index contributed by atoms with van der Waals surface area (Å²) in [6, 6.07) is 14.5. The van der Waals surface area contributed by atoms with Gasteiger partial charge in [0.1, 0.15) is 11.5 Å². The van der Waals surface area contributed by atoms with Gasteiger partial charge in [-0.3, -0.25) is 0 Å². The van der Waals surface area contributed by atoms with E-state index in [1.54, 1.807) is 24.3 Å². The first kappa shape index (κ1) is 19.3. The lowest BCUT2D eigenvalue weighted by molar-refractivity contribution is -0.112. The van der Waals surface area contributed by atoms with Gasteiger partial charge in [0.05, 0.1) is 12.2 Å². The fourth-order valence-electron chi connectivity index (χ4n) is 3.00. The molecule has 25 heavy (non-hydrogen) atoms. The second-order valence-corrected chi connectivity index (χ2v) is 8.81. The molecule has 0 aliphatic carbocycles. The second kappa shape index (κ2) is 7.09. The van der Waals surface area contributed by atoms with Gasteiger partial charge in [0.15, 0.2) is 0 Å². The van der Waals surface area contributed by atoms with Crippen molar-refractivity contribution in [2.75, 3.05) is 0 Å². The first-order valence-corrected chi connectivity index (χ1v) is 8.72. The third-order valence-electron chi connectivity index (χ3n) is 4.24. The SMILES string of the molecule is CC(C)(C)C(OC(c1ccc(O)cc1)C(C)(C)C)c1ccc(O)cc1. The van der Waals surface area contributed by atoms with Crippen LogP contribution in [0.2, 0.25) is 0 Å². The van der Waals surface area contributed by atoms with Crippen molar-refractivity contribution in [1.29, 1.82) is 0 Å². The van der Waals surface area contributed by atoms with Crippen molar-refractivity contribution < 1.29 is 14.9 Å². The summed E-state index contributed by atoms with van der Waals surface area (Å²) in [5, 5.41) is 19.2. The lowest BCUT2D eigenvalue weighted by Crippen LogP contribution is -2.29. The van der Waals surface area contributed by atoms with Gasteiger partial charge in [0.25, 0.3) is 0 Å². The minimum absolute atomic E-state index is 0.114. The lowest BCUT2D eigenvalue weighted by atomic mass is 9.81. The van der Waals surface area contributed by atoms with E-state index in [1.807, 2.05) is 24.3 Å². The molecule has 0 bridgehead atoms. The van der Waals surface area contributed by atoms with E-state index < -0.39 is 0 Å². The van der Waals surface area contributed by atoms with E-state index in [0.717, 1.165) is 11.1 Å². The average molecular weight is 342 g/mol. The molecule has 2 aromatic carbocycles. The highest BCUT2D eigenvalue weighted by atomic mass is 16.5. The maximum atomic E-state index is 9.59. The Bertz CT molecular complexity index is 612. The highest BCUT2D eigenvalue weighted by Gasteiger charge is 2.35. The molecular formula is C22H30O3. The maximum absolute atomic E-state index is 9.59. The zero-order chi connectivity index (χ0) is 18.8. The number of ether oxygens (including phenoxy) is 1. The van der Waals surface area contributed by atoms with Crippen molar-refractivity contribution in [3.05, 3.63) is 59.7 Å². The first-order valence-electron chi connectivity index (χ1n) is 8.72. The van der Waals surface area contributed by atoms with Crippen LogP contribution in [0.15, 0.2) is 48.5 Å². The molecule has 0 heterocycles. The van der Waals surface area contributed by atoms with Gasteiger partial charge in [-0.15, -0.1) is 0 Å². The summed E-state index contributed by atoms with van der Waals surface area (Å²) in [5.74, 6) is 0.504. The van der Waals surface area contributed by atoms with Crippen molar-refractivity contribution in [3.8, 4) is 11.5 Å². The molecule has 3 heteroatoms. The summed E-state index contributed by atoms with van der Waals surface area (Å²) in [4.78, 5) is 0. The minimum Gasteiger partial charge on any atom is -0.508 e. The molecule has 0 radical (unpaired) electrons. The van der Waals surface area contributed by atoms with E-state index in [0.29, 0.717) is 0 Å². The zero-order valence-corrected chi connectivity index (χ0v) is 16.1. The quantitative estimate of drug-likeness (QED) is 0.717. The van der Waals surface area contributed by atoms with Crippen LogP contribution in [-0.2, 0) is 4.74 Å². The van der Waals surface area contributed by atoms with Gasteiger partial charge in [-0.1, -0.05) is 65.8 Å². The van der Waals surface area contributed by atoms with Gasteiger partial charge in [-0.25, -0.2) is 0 Å². The number of rotatable bonds is 4. The molecule has 0 fully saturated rings. The van der Waals surface area contributed by atoms with Crippen LogP contribution in [0.3, 0.4) is 0 Å². The molecule has 0 saturated heterocycles. The summed E-state index contributed by atoms with van der Waals surface area (Å²) < 4.78 is 6.67. The van der Waals surface area contributed by atoms with Crippen molar-refractivity contribution in [2.45, 2.75) is 53.8 Å².